The van der Waals surface area contributed by atoms with E-state index in [1.807, 2.05) is 24.5 Å². The first-order chi connectivity index (χ1) is 16.6. The molecule has 176 valence electrons. The Morgan fingerprint density at radius 3 is 2.59 bits per heavy atom. The molecule has 0 saturated carbocycles. The van der Waals surface area contributed by atoms with E-state index < -0.39 is 0 Å². The Bertz CT molecular complexity index is 1160. The average molecular weight is 457 g/mol. The maximum atomic E-state index is 9.47. The van der Waals surface area contributed by atoms with Gasteiger partial charge in [0, 0.05) is 87.1 Å². The fourth-order valence-electron chi connectivity index (χ4n) is 5.09. The molecule has 4 heterocycles. The molecule has 8 nitrogen and oxygen atoms in total. The van der Waals surface area contributed by atoms with E-state index in [1.54, 1.807) is 6.20 Å². The largest absolute Gasteiger partial charge is 0.369 e. The van der Waals surface area contributed by atoms with Crippen LogP contribution in [0.3, 0.4) is 0 Å². The van der Waals surface area contributed by atoms with Crippen molar-refractivity contribution in [1.29, 1.82) is 5.26 Å². The number of pyridine rings is 1. The smallest absolute Gasteiger partial charge is 0.225 e. The van der Waals surface area contributed by atoms with Crippen LogP contribution in [0, 0.1) is 17.2 Å². The number of hydrogen-bond acceptors (Lipinski definition) is 8. The van der Waals surface area contributed by atoms with Crippen LogP contribution in [-0.2, 0) is 6.54 Å². The maximum Gasteiger partial charge on any atom is 0.225 e. The highest BCUT2D eigenvalue weighted by atomic mass is 15.3. The minimum absolute atomic E-state index is 0.364. The predicted molar refractivity (Wildman–Crippen MR) is 135 cm³/mol. The van der Waals surface area contributed by atoms with Crippen LogP contribution in [0.1, 0.15) is 24.5 Å². The van der Waals surface area contributed by atoms with Gasteiger partial charge < -0.3 is 20.0 Å². The standard InChI is InChI=1S/C26H32N8/c1-19-12-22(29-14-20-15-30-26(31-16-20)33-10-8-32(2)9-11-33)18-34(17-19)24-6-5-21(13-27)25-23(24)4-3-7-28-25/h3-7,15-16,19,22,29H,8-12,14,17-18H2,1-2H3. The molecule has 2 atom stereocenters. The van der Waals surface area contributed by atoms with Gasteiger partial charge in [-0.2, -0.15) is 5.26 Å². The summed E-state index contributed by atoms with van der Waals surface area (Å²) in [5.74, 6) is 1.39. The van der Waals surface area contributed by atoms with Crippen molar-refractivity contribution in [3.8, 4) is 6.07 Å². The molecule has 0 bridgehead atoms. The molecular weight excluding hydrogens is 424 g/mol. The van der Waals surface area contributed by atoms with Gasteiger partial charge in [-0.25, -0.2) is 9.97 Å². The van der Waals surface area contributed by atoms with Crippen molar-refractivity contribution in [2.24, 2.45) is 5.92 Å². The van der Waals surface area contributed by atoms with E-state index in [4.69, 9.17) is 0 Å². The summed E-state index contributed by atoms with van der Waals surface area (Å²) in [6, 6.07) is 10.6. The molecule has 3 aromatic rings. The van der Waals surface area contributed by atoms with E-state index in [1.165, 1.54) is 0 Å². The molecule has 2 unspecified atom stereocenters. The SMILES string of the molecule is CC1CC(NCc2cnc(N3CCN(C)CC3)nc2)CN(c2ccc(C#N)c3ncccc23)C1. The molecule has 2 aliphatic heterocycles. The van der Waals surface area contributed by atoms with Gasteiger partial charge in [0.2, 0.25) is 5.95 Å². The lowest BCUT2D eigenvalue weighted by Crippen LogP contribution is -2.48. The van der Waals surface area contributed by atoms with Crippen LogP contribution in [0.2, 0.25) is 0 Å². The molecule has 0 amide bonds. The van der Waals surface area contributed by atoms with Gasteiger partial charge in [0.05, 0.1) is 11.1 Å². The van der Waals surface area contributed by atoms with Gasteiger partial charge in [0.15, 0.2) is 0 Å². The van der Waals surface area contributed by atoms with Crippen LogP contribution < -0.4 is 15.1 Å². The van der Waals surface area contributed by atoms with Crippen LogP contribution >= 0.6 is 0 Å². The Kier molecular flexibility index (Phi) is 6.57. The molecule has 1 aromatic carbocycles. The van der Waals surface area contributed by atoms with E-state index >= 15 is 0 Å². The Hall–Kier alpha value is -3.28. The van der Waals surface area contributed by atoms with E-state index in [0.29, 0.717) is 17.5 Å². The van der Waals surface area contributed by atoms with Gasteiger partial charge >= 0.3 is 0 Å². The lowest BCUT2D eigenvalue weighted by molar-refractivity contribution is 0.311. The summed E-state index contributed by atoms with van der Waals surface area (Å²) < 4.78 is 0. The molecule has 34 heavy (non-hydrogen) atoms. The normalized spacial score (nSPS) is 21.6. The number of rotatable bonds is 5. The third kappa shape index (κ3) is 4.81. The fraction of sp³-hybridized carbons (Fsp3) is 0.462. The second-order valence-electron chi connectivity index (χ2n) is 9.65. The van der Waals surface area contributed by atoms with Gasteiger partial charge in [0.1, 0.15) is 6.07 Å². The molecule has 2 aromatic heterocycles. The molecule has 0 radical (unpaired) electrons. The second kappa shape index (κ2) is 9.92. The van der Waals surface area contributed by atoms with Crippen molar-refractivity contribution in [3.63, 3.8) is 0 Å². The molecule has 1 N–H and O–H groups in total. The highest BCUT2D eigenvalue weighted by Crippen LogP contribution is 2.31. The number of nitrogens with zero attached hydrogens (tertiary/aromatic N) is 7. The van der Waals surface area contributed by atoms with Gasteiger partial charge in [-0.1, -0.05) is 6.92 Å². The topological polar surface area (TPSA) is 84.2 Å². The summed E-state index contributed by atoms with van der Waals surface area (Å²) in [5.41, 5.74) is 3.66. The van der Waals surface area contributed by atoms with Gasteiger partial charge in [-0.15, -0.1) is 0 Å². The first-order valence-corrected chi connectivity index (χ1v) is 12.1. The van der Waals surface area contributed by atoms with Crippen LogP contribution in [0.4, 0.5) is 11.6 Å². The summed E-state index contributed by atoms with van der Waals surface area (Å²) >= 11 is 0. The number of likely N-dealkylation sites (N-methyl/N-ethyl adjacent to an activating group) is 1. The second-order valence-corrected chi connectivity index (χ2v) is 9.65. The quantitative estimate of drug-likeness (QED) is 0.627. The number of nitriles is 1. The van der Waals surface area contributed by atoms with Gasteiger partial charge in [-0.05, 0) is 43.7 Å². The first kappa shape index (κ1) is 22.5. The summed E-state index contributed by atoms with van der Waals surface area (Å²) in [6.07, 6.45) is 6.80. The first-order valence-electron chi connectivity index (χ1n) is 12.1. The van der Waals surface area contributed by atoms with Crippen LogP contribution in [0.5, 0.6) is 0 Å². The Labute approximate surface area is 201 Å². The molecule has 8 heteroatoms. The van der Waals surface area contributed by atoms with Crippen molar-refractivity contribution in [2.45, 2.75) is 25.9 Å². The van der Waals surface area contributed by atoms with Crippen molar-refractivity contribution in [3.05, 3.63) is 54.0 Å². The number of nitrogens with one attached hydrogen (secondary N) is 1. The zero-order valence-corrected chi connectivity index (χ0v) is 20.0. The average Bonchev–Trinajstić information content (AvgIpc) is 2.87. The zero-order chi connectivity index (χ0) is 23.5. The third-order valence-electron chi connectivity index (χ3n) is 6.94. The summed E-state index contributed by atoms with van der Waals surface area (Å²) in [6.45, 7) is 9.02. The Morgan fingerprint density at radius 1 is 1.03 bits per heavy atom. The van der Waals surface area contributed by atoms with Crippen molar-refractivity contribution < 1.29 is 0 Å². The van der Waals surface area contributed by atoms with Crippen molar-refractivity contribution >= 4 is 22.5 Å². The molecule has 2 aliphatic rings. The van der Waals surface area contributed by atoms with Crippen molar-refractivity contribution in [2.75, 3.05) is 56.1 Å². The molecular formula is C26H32N8. The van der Waals surface area contributed by atoms with Crippen molar-refractivity contribution in [1.82, 2.24) is 25.2 Å². The van der Waals surface area contributed by atoms with E-state index in [9.17, 15) is 5.26 Å². The van der Waals surface area contributed by atoms with E-state index in [0.717, 1.165) is 80.3 Å². The number of hydrogen-bond donors (Lipinski definition) is 1. The van der Waals surface area contributed by atoms with Crippen LogP contribution in [0.25, 0.3) is 10.9 Å². The fourth-order valence-corrected chi connectivity index (χ4v) is 5.09. The number of benzene rings is 1. The summed E-state index contributed by atoms with van der Waals surface area (Å²) in [5, 5.41) is 14.2. The minimum atomic E-state index is 0.364. The lowest BCUT2D eigenvalue weighted by atomic mass is 9.94. The van der Waals surface area contributed by atoms with Crippen LogP contribution in [0.15, 0.2) is 42.9 Å². The predicted octanol–water partition coefficient (Wildman–Crippen LogP) is 2.65. The monoisotopic (exact) mass is 456 g/mol. The van der Waals surface area contributed by atoms with Gasteiger partial charge in [-0.3, -0.25) is 4.98 Å². The van der Waals surface area contributed by atoms with Gasteiger partial charge in [0.25, 0.3) is 0 Å². The highest BCUT2D eigenvalue weighted by Gasteiger charge is 2.26. The number of piperazine rings is 1. The summed E-state index contributed by atoms with van der Waals surface area (Å²) in [7, 11) is 2.15. The summed E-state index contributed by atoms with van der Waals surface area (Å²) in [4.78, 5) is 20.8. The third-order valence-corrected chi connectivity index (χ3v) is 6.94. The van der Waals surface area contributed by atoms with E-state index in [-0.39, 0.29) is 0 Å². The number of aromatic nitrogens is 3. The Balaban J connectivity index is 1.25. The number of piperidine rings is 1. The molecule has 2 saturated heterocycles. The molecule has 0 aliphatic carbocycles. The molecule has 5 rings (SSSR count). The minimum Gasteiger partial charge on any atom is -0.369 e. The molecule has 0 spiro atoms. The lowest BCUT2D eigenvalue weighted by Gasteiger charge is -2.39. The maximum absolute atomic E-state index is 9.47. The Morgan fingerprint density at radius 2 is 1.82 bits per heavy atom. The van der Waals surface area contributed by atoms with Crippen LogP contribution in [-0.4, -0.2) is 72.2 Å². The number of fused-ring (bicyclic) bond motifs is 1. The molecule has 2 fully saturated rings. The van der Waals surface area contributed by atoms with E-state index in [2.05, 4.69) is 67.1 Å². The number of anilines is 2. The zero-order valence-electron chi connectivity index (χ0n) is 20.0. The highest BCUT2D eigenvalue weighted by molar-refractivity contribution is 5.95.